The van der Waals surface area contributed by atoms with Crippen molar-refractivity contribution in [3.8, 4) is 22.3 Å². The maximum absolute atomic E-state index is 2.67. The number of fused-ring (bicyclic) bond motifs is 15. The number of aryl methyl sites for hydroxylation is 1. The van der Waals surface area contributed by atoms with Crippen molar-refractivity contribution in [2.45, 2.75) is 22.1 Å². The van der Waals surface area contributed by atoms with Gasteiger partial charge in [-0.25, -0.2) is 0 Å². The Balaban J connectivity index is 1.27. The summed E-state index contributed by atoms with van der Waals surface area (Å²) in [6.07, 6.45) is 0. The first kappa shape index (κ1) is 25.6. The summed E-state index contributed by atoms with van der Waals surface area (Å²) < 4.78 is 0. The van der Waals surface area contributed by atoms with E-state index in [0.717, 1.165) is 0 Å². The molecule has 1 aliphatic carbocycles. The first-order valence-corrected chi connectivity index (χ1v) is 17.6. The highest BCUT2D eigenvalue weighted by atomic mass is 32.2. The van der Waals surface area contributed by atoms with Gasteiger partial charge in [0.1, 0.15) is 0 Å². The van der Waals surface area contributed by atoms with Gasteiger partial charge in [-0.1, -0.05) is 127 Å². The average molecular weight is 627 g/mol. The summed E-state index contributed by atoms with van der Waals surface area (Å²) in [6, 6.07) is 55.3. The lowest BCUT2D eigenvalue weighted by Gasteiger charge is -2.52. The Labute approximate surface area is 284 Å². The number of rotatable bonds is 0. The third-order valence-corrected chi connectivity index (χ3v) is 12.6. The molecule has 0 bridgehead atoms. The molecule has 0 aromatic heterocycles. The highest BCUT2D eigenvalue weighted by Gasteiger charge is 2.56. The zero-order valence-corrected chi connectivity index (χ0v) is 27.1. The van der Waals surface area contributed by atoms with Crippen LogP contribution >= 0.6 is 11.8 Å². The average Bonchev–Trinajstić information content (AvgIpc) is 3.43. The fourth-order valence-electron chi connectivity index (χ4n) is 9.87. The minimum atomic E-state index is -0.427. The Bertz CT molecular complexity index is 2560. The van der Waals surface area contributed by atoms with Crippen LogP contribution in [0.2, 0.25) is 0 Å². The second-order valence-corrected chi connectivity index (χ2v) is 14.8. The van der Waals surface area contributed by atoms with Gasteiger partial charge in [0.2, 0.25) is 0 Å². The van der Waals surface area contributed by atoms with Crippen molar-refractivity contribution in [2.75, 3.05) is 9.71 Å². The van der Waals surface area contributed by atoms with Crippen LogP contribution in [0.1, 0.15) is 27.8 Å². The molecule has 0 fully saturated rings. The second-order valence-electron chi connectivity index (χ2n) is 13.7. The molecule has 0 unspecified atom stereocenters. The fourth-order valence-corrected chi connectivity index (χ4v) is 11.0. The predicted octanol–water partition coefficient (Wildman–Crippen LogP) is 9.84. The molecule has 0 saturated carbocycles. The van der Waals surface area contributed by atoms with E-state index < -0.39 is 5.41 Å². The van der Waals surface area contributed by atoms with Gasteiger partial charge in [-0.05, 0) is 92.7 Å². The number of anilines is 5. The van der Waals surface area contributed by atoms with Gasteiger partial charge in [0, 0.05) is 32.4 Å². The SMILES string of the molecule is Cc1cc2c3c(c1)N1c4ccccc4C4(c5ccccc5-c5ccccc54)c4cccc(c41)B3N1c3ccccc3Sc3cccc-2c31. The molecule has 1 spiro atoms. The molecule has 5 aliphatic rings. The van der Waals surface area contributed by atoms with Crippen LogP contribution in [0.15, 0.2) is 155 Å². The molecule has 48 heavy (non-hydrogen) atoms. The monoisotopic (exact) mass is 626 g/mol. The zero-order chi connectivity index (χ0) is 31.3. The largest absolute Gasteiger partial charge is 0.374 e. The maximum atomic E-state index is 2.67. The van der Waals surface area contributed by atoms with E-state index in [1.807, 2.05) is 11.8 Å². The first-order valence-electron chi connectivity index (χ1n) is 16.8. The number of benzene rings is 7. The molecule has 7 aromatic rings. The van der Waals surface area contributed by atoms with Gasteiger partial charge in [0.05, 0.1) is 16.8 Å². The molecular formula is C44H27BN2S. The van der Waals surface area contributed by atoms with Crippen LogP contribution in [0.25, 0.3) is 22.3 Å². The van der Waals surface area contributed by atoms with E-state index >= 15 is 0 Å². The molecular weight excluding hydrogens is 599 g/mol. The third kappa shape index (κ3) is 2.80. The number of para-hydroxylation sites is 4. The molecule has 12 rings (SSSR count). The molecule has 0 atom stereocenters. The summed E-state index contributed by atoms with van der Waals surface area (Å²) in [5, 5.41) is 0. The zero-order valence-electron chi connectivity index (χ0n) is 26.2. The number of nitrogens with zero attached hydrogens (tertiary/aromatic N) is 2. The molecule has 0 saturated heterocycles. The molecule has 4 heteroatoms. The van der Waals surface area contributed by atoms with Gasteiger partial charge in [-0.15, -0.1) is 0 Å². The van der Waals surface area contributed by atoms with Crippen LogP contribution in [0.3, 0.4) is 0 Å². The van der Waals surface area contributed by atoms with Crippen molar-refractivity contribution >= 4 is 58.0 Å². The topological polar surface area (TPSA) is 6.48 Å². The quantitative estimate of drug-likeness (QED) is 0.155. The van der Waals surface area contributed by atoms with Crippen LogP contribution in [-0.2, 0) is 5.41 Å². The van der Waals surface area contributed by atoms with Crippen LogP contribution in [0.5, 0.6) is 0 Å². The lowest BCUT2D eigenvalue weighted by molar-refractivity contribution is 0.753. The standard InChI is InChI=1S/C44H27BN2S/c1-26-24-30-29-14-10-23-40-42(29)47(37-21-8-9-22-39(37)48-40)45-35-19-11-18-34-43(35)46(38(25-26)41(30)45)36-20-7-6-17-33(36)44(34)31-15-4-2-12-27(31)28-13-3-5-16-32(28)44/h2-25H,1H3. The van der Waals surface area contributed by atoms with Crippen molar-refractivity contribution in [2.24, 2.45) is 0 Å². The maximum Gasteiger partial charge on any atom is 0.333 e. The molecule has 222 valence electrons. The minimum Gasteiger partial charge on any atom is -0.374 e. The van der Waals surface area contributed by atoms with Crippen molar-refractivity contribution in [3.63, 3.8) is 0 Å². The molecule has 0 amide bonds. The van der Waals surface area contributed by atoms with Crippen LogP contribution in [0, 0.1) is 6.92 Å². The number of hydrogen-bond acceptors (Lipinski definition) is 3. The Morgan fingerprint density at radius 3 is 1.94 bits per heavy atom. The highest BCUT2D eigenvalue weighted by molar-refractivity contribution is 7.99. The normalized spacial score (nSPS) is 15.6. The van der Waals surface area contributed by atoms with Crippen molar-refractivity contribution in [1.82, 2.24) is 0 Å². The first-order chi connectivity index (χ1) is 23.7. The smallest absolute Gasteiger partial charge is 0.333 e. The predicted molar refractivity (Wildman–Crippen MR) is 200 cm³/mol. The van der Waals surface area contributed by atoms with E-state index in [-0.39, 0.29) is 6.85 Å². The van der Waals surface area contributed by atoms with E-state index in [1.54, 1.807) is 0 Å². The molecule has 0 N–H and O–H groups in total. The van der Waals surface area contributed by atoms with E-state index in [1.165, 1.54) is 99.2 Å². The van der Waals surface area contributed by atoms with E-state index in [9.17, 15) is 0 Å². The third-order valence-electron chi connectivity index (χ3n) is 11.4. The lowest BCUT2D eigenvalue weighted by atomic mass is 9.42. The molecule has 0 radical (unpaired) electrons. The fraction of sp³-hybridized carbons (Fsp3) is 0.0455. The second kappa shape index (κ2) is 8.72. The molecule has 7 aromatic carbocycles. The highest BCUT2D eigenvalue weighted by Crippen LogP contribution is 2.64. The molecule has 4 aliphatic heterocycles. The Hall–Kier alpha value is -5.45. The molecule has 2 nitrogen and oxygen atoms in total. The van der Waals surface area contributed by atoms with Crippen LogP contribution in [-0.4, -0.2) is 6.85 Å². The van der Waals surface area contributed by atoms with Gasteiger partial charge < -0.3 is 9.71 Å². The van der Waals surface area contributed by atoms with Crippen molar-refractivity contribution in [3.05, 3.63) is 173 Å². The van der Waals surface area contributed by atoms with Gasteiger partial charge in [0.15, 0.2) is 0 Å². The summed E-state index contributed by atoms with van der Waals surface area (Å²) >= 11 is 1.90. The Morgan fingerprint density at radius 2 is 1.12 bits per heavy atom. The van der Waals surface area contributed by atoms with Crippen LogP contribution < -0.4 is 20.6 Å². The lowest BCUT2D eigenvalue weighted by Crippen LogP contribution is -2.63. The van der Waals surface area contributed by atoms with Gasteiger partial charge in [-0.2, -0.15) is 0 Å². The summed E-state index contributed by atoms with van der Waals surface area (Å²) in [5.41, 5.74) is 20.9. The Morgan fingerprint density at radius 1 is 0.500 bits per heavy atom. The van der Waals surface area contributed by atoms with Crippen molar-refractivity contribution in [1.29, 1.82) is 0 Å². The summed E-state index contributed by atoms with van der Waals surface area (Å²) in [4.78, 5) is 7.94. The summed E-state index contributed by atoms with van der Waals surface area (Å²) in [6.45, 7) is 2.30. The van der Waals surface area contributed by atoms with E-state index in [4.69, 9.17) is 0 Å². The molecule has 4 heterocycles. The van der Waals surface area contributed by atoms with Gasteiger partial charge >= 0.3 is 6.85 Å². The summed E-state index contributed by atoms with van der Waals surface area (Å²) in [7, 11) is 0. The van der Waals surface area contributed by atoms with Gasteiger partial charge in [0.25, 0.3) is 0 Å². The number of hydrogen-bond donors (Lipinski definition) is 0. The summed E-state index contributed by atoms with van der Waals surface area (Å²) in [5.74, 6) is 0. The van der Waals surface area contributed by atoms with E-state index in [2.05, 4.69) is 162 Å². The van der Waals surface area contributed by atoms with E-state index in [0.29, 0.717) is 0 Å². The van der Waals surface area contributed by atoms with Gasteiger partial charge in [-0.3, -0.25) is 0 Å². The Kier molecular flexibility index (Phi) is 4.65. The van der Waals surface area contributed by atoms with Crippen LogP contribution in [0.4, 0.5) is 28.4 Å². The minimum absolute atomic E-state index is 0.0340. The van der Waals surface area contributed by atoms with Crippen molar-refractivity contribution < 1.29 is 0 Å².